The predicted octanol–water partition coefficient (Wildman–Crippen LogP) is -0.0309. The van der Waals surface area contributed by atoms with Crippen LogP contribution in [0.25, 0.3) is 0 Å². The highest BCUT2D eigenvalue weighted by atomic mass is 32.2. The lowest BCUT2D eigenvalue weighted by molar-refractivity contribution is -0.341. The SMILES string of the molecule is CS[C@@H]1O[C@H](COC(C)=O)[C@@H](O[C@@H]2O[C@H](COC(C)=O)[C@@H](OC(C)=O)[C@H](OC(C)=O)[C@H]2OC(C)=O)[C@H](OC(C)=O)[C@H]1OC(C)=O. The third kappa shape index (κ3) is 11.4. The summed E-state index contributed by atoms with van der Waals surface area (Å²) < 4.78 is 55.8. The van der Waals surface area contributed by atoms with Gasteiger partial charge in [0.2, 0.25) is 0 Å². The van der Waals surface area contributed by atoms with Gasteiger partial charge in [-0.05, 0) is 6.26 Å². The molecule has 2 saturated heterocycles. The van der Waals surface area contributed by atoms with Crippen LogP contribution in [-0.2, 0) is 80.9 Å². The van der Waals surface area contributed by atoms with Crippen LogP contribution < -0.4 is 0 Å². The quantitative estimate of drug-likeness (QED) is 0.198. The van der Waals surface area contributed by atoms with Gasteiger partial charge >= 0.3 is 41.8 Å². The summed E-state index contributed by atoms with van der Waals surface area (Å²) in [5, 5.41) is 0. The molecule has 0 unspecified atom stereocenters. The van der Waals surface area contributed by atoms with Crippen LogP contribution in [0.1, 0.15) is 48.5 Å². The molecule has 0 aromatic rings. The van der Waals surface area contributed by atoms with E-state index < -0.39 is 116 Å². The second-order valence-electron chi connectivity index (χ2n) is 9.90. The second kappa shape index (κ2) is 17.3. The van der Waals surface area contributed by atoms with E-state index in [1.54, 1.807) is 6.26 Å². The van der Waals surface area contributed by atoms with Crippen LogP contribution in [0.5, 0.6) is 0 Å². The molecular formula is C27H38O17S. The first kappa shape index (κ1) is 37.7. The van der Waals surface area contributed by atoms with Gasteiger partial charge in [0.15, 0.2) is 36.8 Å². The average molecular weight is 667 g/mol. The third-order valence-electron chi connectivity index (χ3n) is 6.12. The van der Waals surface area contributed by atoms with E-state index in [1.165, 1.54) is 0 Å². The largest absolute Gasteiger partial charge is 0.463 e. The van der Waals surface area contributed by atoms with Gasteiger partial charge in [-0.1, -0.05) is 0 Å². The number of carbonyl (C=O) groups excluding carboxylic acids is 7. The van der Waals surface area contributed by atoms with Crippen molar-refractivity contribution in [3.05, 3.63) is 0 Å². The molecule has 18 heteroatoms. The van der Waals surface area contributed by atoms with Crippen molar-refractivity contribution < 1.29 is 80.9 Å². The number of esters is 7. The molecule has 10 atom stereocenters. The van der Waals surface area contributed by atoms with Gasteiger partial charge in [-0.15, -0.1) is 11.8 Å². The summed E-state index contributed by atoms with van der Waals surface area (Å²) in [6, 6.07) is 0. The zero-order chi connectivity index (χ0) is 34.0. The van der Waals surface area contributed by atoms with Gasteiger partial charge in [-0.2, -0.15) is 0 Å². The van der Waals surface area contributed by atoms with Crippen LogP contribution in [0, 0.1) is 0 Å². The lowest BCUT2D eigenvalue weighted by Gasteiger charge is -2.48. The molecule has 0 amide bonds. The Labute approximate surface area is 263 Å². The van der Waals surface area contributed by atoms with Gasteiger partial charge in [-0.3, -0.25) is 33.6 Å². The van der Waals surface area contributed by atoms with E-state index in [2.05, 4.69) is 0 Å². The highest BCUT2D eigenvalue weighted by molar-refractivity contribution is 7.99. The summed E-state index contributed by atoms with van der Waals surface area (Å²) in [6.45, 7) is 6.68. The molecule has 2 fully saturated rings. The molecule has 0 aromatic heterocycles. The Bertz CT molecular complexity index is 1110. The zero-order valence-electron chi connectivity index (χ0n) is 26.0. The maximum atomic E-state index is 12.3. The molecule has 0 aromatic carbocycles. The van der Waals surface area contributed by atoms with Crippen molar-refractivity contribution in [2.75, 3.05) is 19.5 Å². The van der Waals surface area contributed by atoms with Crippen LogP contribution >= 0.6 is 11.8 Å². The Kier molecular flexibility index (Phi) is 14.5. The highest BCUT2D eigenvalue weighted by Crippen LogP contribution is 2.37. The lowest BCUT2D eigenvalue weighted by atomic mass is 9.96. The molecule has 254 valence electrons. The molecular weight excluding hydrogens is 628 g/mol. The Morgan fingerprint density at radius 1 is 0.489 bits per heavy atom. The molecule has 2 rings (SSSR count). The van der Waals surface area contributed by atoms with Crippen molar-refractivity contribution in [2.24, 2.45) is 0 Å². The fourth-order valence-corrected chi connectivity index (χ4v) is 5.39. The number of rotatable bonds is 12. The smallest absolute Gasteiger partial charge is 0.303 e. The van der Waals surface area contributed by atoms with Gasteiger partial charge in [0.05, 0.1) is 0 Å². The number of hydrogen-bond acceptors (Lipinski definition) is 18. The lowest BCUT2D eigenvalue weighted by Crippen LogP contribution is -2.66. The molecule has 2 aliphatic rings. The summed E-state index contributed by atoms with van der Waals surface area (Å²) in [5.74, 6) is -5.55. The summed E-state index contributed by atoms with van der Waals surface area (Å²) >= 11 is 1.10. The molecule has 0 bridgehead atoms. The topological polar surface area (TPSA) is 212 Å². The van der Waals surface area contributed by atoms with Gasteiger partial charge in [-0.25, -0.2) is 0 Å². The van der Waals surface area contributed by atoms with Crippen LogP contribution in [-0.4, -0.2) is 122 Å². The van der Waals surface area contributed by atoms with E-state index in [1.807, 2.05) is 0 Å². The summed E-state index contributed by atoms with van der Waals surface area (Å²) in [7, 11) is 0. The first-order chi connectivity index (χ1) is 21.0. The van der Waals surface area contributed by atoms with Crippen molar-refractivity contribution in [1.29, 1.82) is 0 Å². The van der Waals surface area contributed by atoms with Crippen molar-refractivity contribution in [3.8, 4) is 0 Å². The number of thioether (sulfide) groups is 1. The average Bonchev–Trinajstić information content (AvgIpc) is 2.90. The third-order valence-corrected chi connectivity index (χ3v) is 6.96. The van der Waals surface area contributed by atoms with Gasteiger partial charge in [0.25, 0.3) is 0 Å². The Balaban J connectivity index is 2.69. The van der Waals surface area contributed by atoms with E-state index >= 15 is 0 Å². The fourth-order valence-electron chi connectivity index (χ4n) is 4.66. The van der Waals surface area contributed by atoms with Crippen LogP contribution in [0.4, 0.5) is 0 Å². The predicted molar refractivity (Wildman–Crippen MR) is 147 cm³/mol. The normalized spacial score (nSPS) is 31.0. The summed E-state index contributed by atoms with van der Waals surface area (Å²) in [5.41, 5.74) is -0.936. The van der Waals surface area contributed by atoms with E-state index in [9.17, 15) is 33.6 Å². The molecule has 0 N–H and O–H groups in total. The van der Waals surface area contributed by atoms with Crippen LogP contribution in [0.2, 0.25) is 0 Å². The maximum Gasteiger partial charge on any atom is 0.303 e. The molecule has 17 nitrogen and oxygen atoms in total. The van der Waals surface area contributed by atoms with Gasteiger partial charge in [0, 0.05) is 48.5 Å². The van der Waals surface area contributed by atoms with Crippen molar-refractivity contribution >= 4 is 53.5 Å². The summed E-state index contributed by atoms with van der Waals surface area (Å²) in [4.78, 5) is 84.2. The van der Waals surface area contributed by atoms with Gasteiger partial charge < -0.3 is 47.4 Å². The van der Waals surface area contributed by atoms with E-state index in [4.69, 9.17) is 47.4 Å². The molecule has 2 heterocycles. The van der Waals surface area contributed by atoms with Crippen molar-refractivity contribution in [1.82, 2.24) is 0 Å². The Morgan fingerprint density at radius 2 is 0.867 bits per heavy atom. The molecule has 0 aliphatic carbocycles. The highest BCUT2D eigenvalue weighted by Gasteiger charge is 2.57. The monoisotopic (exact) mass is 666 g/mol. The van der Waals surface area contributed by atoms with E-state index in [-0.39, 0.29) is 0 Å². The van der Waals surface area contributed by atoms with Crippen LogP contribution in [0.15, 0.2) is 0 Å². The number of hydrogen-bond donors (Lipinski definition) is 0. The van der Waals surface area contributed by atoms with E-state index in [0.29, 0.717) is 0 Å². The first-order valence-corrected chi connectivity index (χ1v) is 14.9. The minimum absolute atomic E-state index is 0.438. The van der Waals surface area contributed by atoms with Gasteiger partial charge in [0.1, 0.15) is 37.0 Å². The summed E-state index contributed by atoms with van der Waals surface area (Å²) in [6.07, 6.45) is -11.4. The van der Waals surface area contributed by atoms with Crippen molar-refractivity contribution in [2.45, 2.75) is 109 Å². The molecule has 0 saturated carbocycles. The molecule has 2 aliphatic heterocycles. The number of carbonyl (C=O) groups is 7. The first-order valence-electron chi connectivity index (χ1n) is 13.7. The minimum Gasteiger partial charge on any atom is -0.463 e. The fraction of sp³-hybridized carbons (Fsp3) is 0.741. The zero-order valence-corrected chi connectivity index (χ0v) is 26.9. The maximum absolute atomic E-state index is 12.3. The Hall–Kier alpha value is -3.48. The second-order valence-corrected chi connectivity index (χ2v) is 10.8. The molecule has 0 spiro atoms. The van der Waals surface area contributed by atoms with Crippen LogP contribution in [0.3, 0.4) is 0 Å². The van der Waals surface area contributed by atoms with Crippen molar-refractivity contribution in [3.63, 3.8) is 0 Å². The molecule has 45 heavy (non-hydrogen) atoms. The van der Waals surface area contributed by atoms with E-state index in [0.717, 1.165) is 60.2 Å². The standard InChI is InChI=1S/C27H38O17S/c1-11(28)35-9-18-20(37-13(3)30)22(38-14(4)31)24(40-16(6)33)26(42-18)44-21-19(10-36-12(2)29)43-27(45-8)25(41-17(7)34)23(21)39-15(5)32/h18-27H,9-10H2,1-8H3/t18-,19-,20-,21-,22+,23+,24-,25-,26+,27+/m1/s1. The minimum atomic E-state index is -1.72. The molecule has 0 radical (unpaired) electrons. The number of ether oxygens (including phenoxy) is 10. The Morgan fingerprint density at radius 3 is 1.29 bits per heavy atom.